The molecule has 0 bridgehead atoms. The molecular weight excluding hydrogens is 416 g/mol. The number of nitrogens with one attached hydrogen (secondary N) is 1. The van der Waals surface area contributed by atoms with Crippen molar-refractivity contribution in [2.75, 3.05) is 6.54 Å². The minimum absolute atomic E-state index is 0.0552. The highest BCUT2D eigenvalue weighted by atomic mass is 16.6. The summed E-state index contributed by atoms with van der Waals surface area (Å²) >= 11 is 0. The average Bonchev–Trinajstić information content (AvgIpc) is 2.99. The predicted octanol–water partition coefficient (Wildman–Crippen LogP) is 5.67. The Morgan fingerprint density at radius 2 is 1.82 bits per heavy atom. The van der Waals surface area contributed by atoms with Crippen LogP contribution >= 0.6 is 0 Å². The van der Waals surface area contributed by atoms with Gasteiger partial charge in [0, 0.05) is 12.1 Å². The van der Waals surface area contributed by atoms with E-state index in [-0.39, 0.29) is 24.7 Å². The van der Waals surface area contributed by atoms with Gasteiger partial charge in [0.15, 0.2) is 0 Å². The van der Waals surface area contributed by atoms with Crippen LogP contribution in [-0.4, -0.2) is 41.3 Å². The summed E-state index contributed by atoms with van der Waals surface area (Å²) in [6, 6.07) is 9.44. The van der Waals surface area contributed by atoms with Gasteiger partial charge in [0.1, 0.15) is 12.3 Å². The minimum Gasteiger partial charge on any atom is -0.444 e. The molecule has 6 nitrogen and oxygen atoms in total. The molecule has 1 aromatic carbocycles. The summed E-state index contributed by atoms with van der Waals surface area (Å²) in [4.78, 5) is 27.8. The highest BCUT2D eigenvalue weighted by Crippen LogP contribution is 2.37. The first-order chi connectivity index (χ1) is 15.5. The Morgan fingerprint density at radius 3 is 2.39 bits per heavy atom. The van der Waals surface area contributed by atoms with E-state index in [0.29, 0.717) is 30.4 Å². The number of amides is 2. The SMILES string of the molecule is CCC/C(=C/[C@@H]1OC(C)(C)N(C(=O)OCc2ccccc2)[C@H]1CC(C)C)C(=O)NCC(C)C. The van der Waals surface area contributed by atoms with Crippen LogP contribution in [0.5, 0.6) is 0 Å². The fraction of sp³-hybridized carbons (Fsp3) is 0.630. The Hall–Kier alpha value is -2.34. The van der Waals surface area contributed by atoms with Crippen molar-refractivity contribution in [1.82, 2.24) is 10.2 Å². The van der Waals surface area contributed by atoms with Gasteiger partial charge in [0.25, 0.3) is 0 Å². The zero-order chi connectivity index (χ0) is 24.6. The molecule has 184 valence electrons. The fourth-order valence-electron chi connectivity index (χ4n) is 4.18. The Labute approximate surface area is 199 Å². The molecule has 2 amide bonds. The molecule has 0 aliphatic carbocycles. The lowest BCUT2D eigenvalue weighted by molar-refractivity contribution is -0.118. The monoisotopic (exact) mass is 458 g/mol. The Bertz CT molecular complexity index is 802. The van der Waals surface area contributed by atoms with E-state index in [1.165, 1.54) is 0 Å². The number of nitrogens with zero attached hydrogens (tertiary/aromatic N) is 1. The number of carbonyl (C=O) groups excluding carboxylic acids is 2. The van der Waals surface area contributed by atoms with E-state index < -0.39 is 11.8 Å². The summed E-state index contributed by atoms with van der Waals surface area (Å²) < 4.78 is 12.0. The standard InChI is InChI=1S/C27H42N2O4/c1-8-12-22(25(30)28-17-20(4)5)16-24-23(15-19(2)3)29(27(6,7)33-24)26(31)32-18-21-13-10-9-11-14-21/h9-11,13-14,16,19-20,23-24H,8,12,15,17-18H2,1-7H3,(H,28,30)/b22-16-/t23-,24-/m0/s1. The molecule has 6 heteroatoms. The summed E-state index contributed by atoms with van der Waals surface area (Å²) in [7, 11) is 0. The van der Waals surface area contributed by atoms with Gasteiger partial charge in [-0.3, -0.25) is 9.69 Å². The van der Waals surface area contributed by atoms with Crippen molar-refractivity contribution >= 4 is 12.0 Å². The third-order valence-corrected chi connectivity index (χ3v) is 5.68. The summed E-state index contributed by atoms with van der Waals surface area (Å²) in [5.41, 5.74) is 0.806. The molecule has 0 spiro atoms. The van der Waals surface area contributed by atoms with Crippen LogP contribution in [0.2, 0.25) is 0 Å². The summed E-state index contributed by atoms with van der Waals surface area (Å²) in [6.07, 6.45) is 3.42. The van der Waals surface area contributed by atoms with Crippen LogP contribution in [-0.2, 0) is 20.9 Å². The van der Waals surface area contributed by atoms with Crippen molar-refractivity contribution in [1.29, 1.82) is 0 Å². The first-order valence-electron chi connectivity index (χ1n) is 12.2. The van der Waals surface area contributed by atoms with Crippen LogP contribution in [0.1, 0.15) is 73.3 Å². The van der Waals surface area contributed by atoms with E-state index in [9.17, 15) is 9.59 Å². The van der Waals surface area contributed by atoms with Crippen LogP contribution < -0.4 is 5.32 Å². The van der Waals surface area contributed by atoms with Gasteiger partial charge in [-0.15, -0.1) is 0 Å². The zero-order valence-corrected chi connectivity index (χ0v) is 21.4. The summed E-state index contributed by atoms with van der Waals surface area (Å²) in [6.45, 7) is 15.1. The normalized spacial score (nSPS) is 20.4. The molecular formula is C27H42N2O4. The lowest BCUT2D eigenvalue weighted by Gasteiger charge is -2.33. The topological polar surface area (TPSA) is 67.9 Å². The maximum atomic E-state index is 13.2. The molecule has 1 N–H and O–H groups in total. The quantitative estimate of drug-likeness (QED) is 0.459. The maximum absolute atomic E-state index is 13.2. The molecule has 0 unspecified atom stereocenters. The molecule has 1 aromatic rings. The van der Waals surface area contributed by atoms with Gasteiger partial charge < -0.3 is 14.8 Å². The van der Waals surface area contributed by atoms with Gasteiger partial charge in [-0.05, 0) is 50.2 Å². The zero-order valence-electron chi connectivity index (χ0n) is 21.4. The molecule has 2 rings (SSSR count). The van der Waals surface area contributed by atoms with E-state index in [0.717, 1.165) is 18.4 Å². The van der Waals surface area contributed by atoms with Crippen LogP contribution in [0.15, 0.2) is 42.0 Å². The van der Waals surface area contributed by atoms with Crippen LogP contribution in [0, 0.1) is 11.8 Å². The molecule has 1 fully saturated rings. The largest absolute Gasteiger partial charge is 0.444 e. The number of ether oxygens (including phenoxy) is 2. The van der Waals surface area contributed by atoms with Gasteiger partial charge in [0.05, 0.1) is 12.1 Å². The Morgan fingerprint density at radius 1 is 1.15 bits per heavy atom. The fourth-order valence-corrected chi connectivity index (χ4v) is 4.18. The van der Waals surface area contributed by atoms with Gasteiger partial charge in [-0.2, -0.15) is 0 Å². The second kappa shape index (κ2) is 12.2. The summed E-state index contributed by atoms with van der Waals surface area (Å²) in [5, 5.41) is 3.02. The lowest BCUT2D eigenvalue weighted by atomic mass is 9.96. The maximum Gasteiger partial charge on any atom is 0.412 e. The van der Waals surface area contributed by atoms with E-state index in [4.69, 9.17) is 9.47 Å². The van der Waals surface area contributed by atoms with Crippen molar-refractivity contribution in [3.8, 4) is 0 Å². The second-order valence-corrected chi connectivity index (χ2v) is 10.2. The molecule has 1 saturated heterocycles. The molecule has 2 atom stereocenters. The number of benzene rings is 1. The number of carbonyl (C=O) groups is 2. The first kappa shape index (κ1) is 26.9. The molecule has 33 heavy (non-hydrogen) atoms. The third kappa shape index (κ3) is 7.88. The lowest BCUT2D eigenvalue weighted by Crippen LogP contribution is -2.49. The van der Waals surface area contributed by atoms with Crippen molar-refractivity contribution in [3.05, 3.63) is 47.5 Å². The predicted molar refractivity (Wildman–Crippen MR) is 131 cm³/mol. The van der Waals surface area contributed by atoms with Crippen LogP contribution in [0.3, 0.4) is 0 Å². The smallest absolute Gasteiger partial charge is 0.412 e. The Kier molecular flexibility index (Phi) is 9.96. The van der Waals surface area contributed by atoms with Crippen molar-refractivity contribution in [2.45, 2.75) is 92.2 Å². The van der Waals surface area contributed by atoms with E-state index in [1.54, 1.807) is 4.90 Å². The third-order valence-electron chi connectivity index (χ3n) is 5.68. The highest BCUT2D eigenvalue weighted by Gasteiger charge is 2.50. The van der Waals surface area contributed by atoms with Crippen molar-refractivity contribution in [2.24, 2.45) is 11.8 Å². The molecule has 0 saturated carbocycles. The molecule has 0 aromatic heterocycles. The molecule has 1 aliphatic heterocycles. The van der Waals surface area contributed by atoms with E-state index >= 15 is 0 Å². The molecule has 0 radical (unpaired) electrons. The molecule has 1 aliphatic rings. The van der Waals surface area contributed by atoms with Crippen molar-refractivity contribution < 1.29 is 19.1 Å². The number of hydrogen-bond acceptors (Lipinski definition) is 4. The first-order valence-corrected chi connectivity index (χ1v) is 12.2. The highest BCUT2D eigenvalue weighted by molar-refractivity contribution is 5.93. The average molecular weight is 459 g/mol. The van der Waals surface area contributed by atoms with Gasteiger partial charge in [-0.1, -0.05) is 71.4 Å². The second-order valence-electron chi connectivity index (χ2n) is 10.2. The van der Waals surface area contributed by atoms with Crippen LogP contribution in [0.4, 0.5) is 4.79 Å². The number of rotatable bonds is 10. The van der Waals surface area contributed by atoms with E-state index in [2.05, 4.69) is 39.9 Å². The van der Waals surface area contributed by atoms with Crippen LogP contribution in [0.25, 0.3) is 0 Å². The van der Waals surface area contributed by atoms with E-state index in [1.807, 2.05) is 50.3 Å². The summed E-state index contributed by atoms with van der Waals surface area (Å²) in [5.74, 6) is 0.666. The van der Waals surface area contributed by atoms with Gasteiger partial charge >= 0.3 is 6.09 Å². The van der Waals surface area contributed by atoms with Gasteiger partial charge in [-0.25, -0.2) is 4.79 Å². The molecule has 1 heterocycles. The minimum atomic E-state index is -0.847. The van der Waals surface area contributed by atoms with Gasteiger partial charge in [0.2, 0.25) is 5.91 Å². The van der Waals surface area contributed by atoms with Crippen molar-refractivity contribution in [3.63, 3.8) is 0 Å². The number of hydrogen-bond donors (Lipinski definition) is 1. The Balaban J connectivity index is 2.27.